The minimum atomic E-state index is -3.64. The van der Waals surface area contributed by atoms with Gasteiger partial charge in [0.15, 0.2) is 0 Å². The molecule has 18 nitrogen and oxygen atoms in total. The highest BCUT2D eigenvalue weighted by molar-refractivity contribution is 6.94. The van der Waals surface area contributed by atoms with Gasteiger partial charge in [0.05, 0.1) is 53.5 Å². The van der Waals surface area contributed by atoms with Gasteiger partial charge >= 0.3 is 64.1 Å². The Balaban J connectivity index is 0.961. The number of esters is 5. The molecule has 4 bridgehead atoms. The molecule has 5 fully saturated rings. The van der Waals surface area contributed by atoms with E-state index in [4.69, 9.17) is 59.1 Å². The van der Waals surface area contributed by atoms with Gasteiger partial charge in [-0.15, -0.1) is 19.7 Å². The van der Waals surface area contributed by atoms with Crippen LogP contribution in [0.5, 0.6) is 0 Å². The molecule has 4 saturated carbocycles. The van der Waals surface area contributed by atoms with Crippen molar-refractivity contribution >= 4 is 106 Å². The molecule has 13 rings (SSSR count). The molecule has 22 heteroatoms. The van der Waals surface area contributed by atoms with Crippen molar-refractivity contribution < 1.29 is 83.1 Å². The van der Waals surface area contributed by atoms with E-state index in [1.807, 2.05) is 270 Å². The first kappa shape index (κ1) is 98.9. The monoisotopic (exact) mass is 1820 g/mol. The van der Waals surface area contributed by atoms with Gasteiger partial charge in [0.25, 0.3) is 0 Å². The first-order valence-electron chi connectivity index (χ1n) is 46.6. The Morgan fingerprint density at radius 1 is 0.426 bits per heavy atom. The maximum atomic E-state index is 17.3. The zero-order chi connectivity index (χ0) is 91.7. The second-order valence-corrected chi connectivity index (χ2v) is 49.5. The molecule has 0 radical (unpaired) electrons. The van der Waals surface area contributed by atoms with E-state index in [0.717, 1.165) is 73.6 Å². The molecule has 6 atom stereocenters. The predicted molar refractivity (Wildman–Crippen MR) is 516 cm³/mol. The lowest BCUT2D eigenvalue weighted by Crippen LogP contribution is -2.64. The van der Waals surface area contributed by atoms with E-state index in [2.05, 4.69) is 40.5 Å². The van der Waals surface area contributed by atoms with Gasteiger partial charge < -0.3 is 59.1 Å². The summed E-state index contributed by atoms with van der Waals surface area (Å²) in [6.45, 7) is 29.0. The van der Waals surface area contributed by atoms with Gasteiger partial charge in [-0.25, -0.2) is 0 Å². The lowest BCUT2D eigenvalue weighted by molar-refractivity contribution is -0.235. The fourth-order valence-corrected chi connectivity index (χ4v) is 34.1. The minimum absolute atomic E-state index is 0.0285. The average molecular weight is 1820 g/mol. The summed E-state index contributed by atoms with van der Waals surface area (Å²) in [6.07, 6.45) is 11.5. The predicted octanol–water partition coefficient (Wildman–Crippen LogP) is 15.9. The first-order valence-corrected chi connectivity index (χ1v) is 53.8. The smallest absolute Gasteiger partial charge is 0.407 e. The zero-order valence-corrected chi connectivity index (χ0v) is 81.4. The topological polar surface area (TPSA) is 205 Å². The van der Waals surface area contributed by atoms with E-state index in [0.29, 0.717) is 50.7 Å². The average Bonchev–Trinajstić information content (AvgIpc) is 0.708. The van der Waals surface area contributed by atoms with Crippen LogP contribution >= 0.6 is 0 Å². The summed E-state index contributed by atoms with van der Waals surface area (Å²) in [4.78, 5) is 83.2. The van der Waals surface area contributed by atoms with Crippen LogP contribution in [0, 0.1) is 62.6 Å². The zero-order valence-electron chi connectivity index (χ0n) is 77.4. The molecule has 8 aromatic rings. The van der Waals surface area contributed by atoms with Crippen LogP contribution in [0.3, 0.4) is 0 Å². The highest BCUT2D eigenvalue weighted by atomic mass is 28.4. The van der Waals surface area contributed by atoms with Crippen LogP contribution in [-0.2, 0) is 83.1 Å². The molecule has 1 saturated heterocycles. The third-order valence-corrected chi connectivity index (χ3v) is 40.9. The molecule has 0 spiro atoms. The Bertz CT molecular complexity index is 4720. The van der Waals surface area contributed by atoms with Crippen molar-refractivity contribution in [1.29, 1.82) is 0 Å². The van der Waals surface area contributed by atoms with Gasteiger partial charge in [0.1, 0.15) is 32.0 Å². The van der Waals surface area contributed by atoms with Crippen molar-refractivity contribution in [3.8, 4) is 0 Å². The Morgan fingerprint density at radius 3 is 1.09 bits per heavy atom. The van der Waals surface area contributed by atoms with E-state index in [1.165, 1.54) is 0 Å². The Labute approximate surface area is 770 Å². The van der Waals surface area contributed by atoms with Crippen LogP contribution < -0.4 is 41.5 Å². The summed E-state index contributed by atoms with van der Waals surface area (Å²) in [7, 11) is -14.2. The molecular formula is C107H136O18Si4. The van der Waals surface area contributed by atoms with Crippen molar-refractivity contribution in [2.24, 2.45) is 62.6 Å². The molecule has 6 unspecified atom stereocenters. The largest absolute Gasteiger partial charge is 0.463 e. The maximum absolute atomic E-state index is 17.3. The van der Waals surface area contributed by atoms with E-state index < -0.39 is 96.8 Å². The Morgan fingerprint density at radius 2 is 0.736 bits per heavy atom. The number of ether oxygens (including phenoxy) is 5. The highest BCUT2D eigenvalue weighted by Gasteiger charge is 2.64. The molecule has 129 heavy (non-hydrogen) atoms. The van der Waals surface area contributed by atoms with Crippen LogP contribution in [-0.4, -0.2) is 149 Å². The van der Waals surface area contributed by atoms with E-state index in [9.17, 15) is 0 Å². The van der Waals surface area contributed by atoms with Gasteiger partial charge in [-0.2, -0.15) is 0 Å². The van der Waals surface area contributed by atoms with Crippen molar-refractivity contribution in [3.63, 3.8) is 0 Å². The third-order valence-electron chi connectivity index (χ3n) is 27.3. The molecule has 8 aromatic carbocycles. The van der Waals surface area contributed by atoms with Crippen molar-refractivity contribution in [3.05, 3.63) is 281 Å². The normalized spacial score (nSPS) is 21.9. The van der Waals surface area contributed by atoms with Gasteiger partial charge in [-0.05, 0) is 208 Å². The number of benzene rings is 8. The molecule has 1 aliphatic heterocycles. The highest BCUT2D eigenvalue weighted by Crippen LogP contribution is 2.63. The summed E-state index contributed by atoms with van der Waals surface area (Å²) in [6, 6.07) is 78.8. The van der Waals surface area contributed by atoms with Gasteiger partial charge in [-0.3, -0.25) is 24.0 Å². The number of hydrogen-bond acceptors (Lipinski definition) is 18. The second kappa shape index (κ2) is 45.3. The quantitative estimate of drug-likeness (QED) is 0.0114. The minimum Gasteiger partial charge on any atom is -0.463 e. The Kier molecular flexibility index (Phi) is 34.8. The van der Waals surface area contributed by atoms with E-state index >= 15 is 24.0 Å². The van der Waals surface area contributed by atoms with Crippen LogP contribution in [0.1, 0.15) is 159 Å². The number of carbonyl (C=O) groups is 5. The molecule has 1 heterocycles. The van der Waals surface area contributed by atoms with Crippen LogP contribution in [0.25, 0.3) is 0 Å². The first-order chi connectivity index (χ1) is 62.3. The molecule has 0 aromatic heterocycles. The lowest BCUT2D eigenvalue weighted by atomic mass is 9.47. The molecule has 0 N–H and O–H groups in total. The number of hydrogen-bond donors (Lipinski definition) is 0. The Hall–Kier alpha value is -9.12. The summed E-state index contributed by atoms with van der Waals surface area (Å²) in [5.74, 6) is -2.55. The van der Waals surface area contributed by atoms with Crippen molar-refractivity contribution in [2.75, 3.05) is 79.3 Å². The van der Waals surface area contributed by atoms with Gasteiger partial charge in [-0.1, -0.05) is 289 Å². The summed E-state index contributed by atoms with van der Waals surface area (Å²) in [5, 5.41) is 6.85. The lowest BCUT2D eigenvalue weighted by Gasteiger charge is -2.62. The number of rotatable bonds is 47. The summed E-state index contributed by atoms with van der Waals surface area (Å²) >= 11 is 0. The van der Waals surface area contributed by atoms with Gasteiger partial charge in [0.2, 0.25) is 0 Å². The SMILES string of the molecule is C=CCCO[Si](OCCOC(=O)C(C)(CC1(C)CC(C)CCO[Si](c2ccccc2)(c2ccccc2)OCCOC1=O)CC(C)(CC(C)(CC(C)(CC)C(=O)OCCO[Si](OCCC=C)(c1ccccc1)c1ccccc1)C(=O)OC1(C(C)C)C2CC3CC(C2)CC1C3)C(=O)OCCO[Si](OCCC=C)(c1ccccc1)c1ccccc1)(c1ccccc1)c1ccccc1. The fourth-order valence-electron chi connectivity index (χ4n) is 21.6. The van der Waals surface area contributed by atoms with Gasteiger partial charge in [0, 0.05) is 26.4 Å². The van der Waals surface area contributed by atoms with Crippen LogP contribution in [0.2, 0.25) is 0 Å². The molecule has 688 valence electrons. The third kappa shape index (κ3) is 23.1. The second-order valence-electron chi connectivity index (χ2n) is 37.6. The molecule has 4 aliphatic carbocycles. The standard InChI is InChI=1S/C107H136O18Si4/c1-13-17-61-117-126(89-44-28-20-29-45-89,90-46-30-21-31-47-90)121-69-65-113-97(108)102(8,16-4)79-106(12,101(112)125-107(83(5)6)87-74-85-73-86(76-87)77-88(107)75-85)82-105(11,100(111)116-68-72-123-128(119-63-19-15-3,93-52-36-24-37-53-93)94-54-38-25-39-55-94)81-104(10,99(110)115-67-71-122-127(118-62-18-14-2,91-48-32-22-33-49-91)92-50-34-23-35-51-92)80-103(9)78-84(7)60-64-120-129(95-56-40-26-41-57-95,96-58-42-27-43-59-96)124-70-66-114-98(103)109/h13-15,20-59,83-88H,1-3,16-19,60-82H2,4-12H3. The van der Waals surface area contributed by atoms with Crippen molar-refractivity contribution in [2.45, 2.75) is 164 Å². The maximum Gasteiger partial charge on any atom is 0.407 e. The van der Waals surface area contributed by atoms with Crippen LogP contribution in [0.15, 0.2) is 281 Å². The molecule has 0 amide bonds. The summed E-state index contributed by atoms with van der Waals surface area (Å²) in [5.41, 5.74) is -9.42. The molecular weight excluding hydrogens is 1690 g/mol. The summed E-state index contributed by atoms with van der Waals surface area (Å²) < 4.78 is 90.8. The van der Waals surface area contributed by atoms with E-state index in [-0.39, 0.29) is 128 Å². The van der Waals surface area contributed by atoms with E-state index in [1.54, 1.807) is 32.1 Å². The fraction of sp³-hybridized carbons (Fsp3) is 0.449. The number of carbonyl (C=O) groups excluding carboxylic acids is 5. The number of cyclic esters (lactones) is 1. The molecule has 5 aliphatic rings. The van der Waals surface area contributed by atoms with Crippen LogP contribution in [0.4, 0.5) is 0 Å². The van der Waals surface area contributed by atoms with Crippen molar-refractivity contribution in [1.82, 2.24) is 0 Å².